The Bertz CT molecular complexity index is 476. The summed E-state index contributed by atoms with van der Waals surface area (Å²) in [6.45, 7) is 5.86. The molecule has 1 aromatic heterocycles. The molecule has 82 valence electrons. The number of pyridine rings is 1. The van der Waals surface area contributed by atoms with Crippen molar-refractivity contribution in [1.29, 1.82) is 5.26 Å². The van der Waals surface area contributed by atoms with Crippen LogP contribution in [0.15, 0.2) is 24.4 Å². The second kappa shape index (κ2) is 4.89. The van der Waals surface area contributed by atoms with E-state index in [1.807, 2.05) is 0 Å². The number of anilines is 1. The van der Waals surface area contributed by atoms with Crippen molar-refractivity contribution < 1.29 is 4.92 Å². The number of aromatic nitrogens is 1. The molecule has 0 saturated heterocycles. The molecule has 0 aliphatic heterocycles. The highest BCUT2D eigenvalue weighted by molar-refractivity contribution is 5.58. The number of hydrogen-bond donors (Lipinski definition) is 1. The van der Waals surface area contributed by atoms with Gasteiger partial charge in [0.2, 0.25) is 5.82 Å². The SMILES string of the molecule is C=C(C)CNc1ncc(C#N)cc1[N+](=O)[O-]. The third-order valence-corrected chi connectivity index (χ3v) is 1.75. The molecule has 0 bridgehead atoms. The van der Waals surface area contributed by atoms with Crippen LogP contribution >= 0.6 is 0 Å². The van der Waals surface area contributed by atoms with E-state index in [1.165, 1.54) is 12.3 Å². The first-order valence-corrected chi connectivity index (χ1v) is 4.47. The Morgan fingerprint density at radius 3 is 3.00 bits per heavy atom. The average Bonchev–Trinajstić information content (AvgIpc) is 2.25. The maximum absolute atomic E-state index is 10.7. The minimum atomic E-state index is -0.575. The largest absolute Gasteiger partial charge is 0.361 e. The zero-order chi connectivity index (χ0) is 12.1. The van der Waals surface area contributed by atoms with Crippen molar-refractivity contribution >= 4 is 11.5 Å². The summed E-state index contributed by atoms with van der Waals surface area (Å²) < 4.78 is 0. The van der Waals surface area contributed by atoms with Crippen LogP contribution in [0.5, 0.6) is 0 Å². The molecule has 1 N–H and O–H groups in total. The highest BCUT2D eigenvalue weighted by atomic mass is 16.6. The number of nitriles is 1. The first-order chi connectivity index (χ1) is 7.54. The average molecular weight is 218 g/mol. The van der Waals surface area contributed by atoms with Crippen LogP contribution in [0, 0.1) is 21.4 Å². The molecule has 0 radical (unpaired) electrons. The lowest BCUT2D eigenvalue weighted by Gasteiger charge is -2.05. The standard InChI is InChI=1S/C10H10N4O2/c1-7(2)5-12-10-9(14(15)16)3-8(4-11)6-13-10/h3,6H,1,5H2,2H3,(H,12,13). The maximum Gasteiger partial charge on any atom is 0.312 e. The lowest BCUT2D eigenvalue weighted by Crippen LogP contribution is -2.06. The van der Waals surface area contributed by atoms with Crippen molar-refractivity contribution in [3.8, 4) is 6.07 Å². The van der Waals surface area contributed by atoms with Crippen LogP contribution < -0.4 is 5.32 Å². The van der Waals surface area contributed by atoms with E-state index in [1.54, 1.807) is 13.0 Å². The Morgan fingerprint density at radius 2 is 2.50 bits per heavy atom. The summed E-state index contributed by atoms with van der Waals surface area (Å²) in [5, 5.41) is 22.1. The highest BCUT2D eigenvalue weighted by Crippen LogP contribution is 2.22. The van der Waals surface area contributed by atoms with E-state index < -0.39 is 4.92 Å². The van der Waals surface area contributed by atoms with Gasteiger partial charge in [0.1, 0.15) is 6.07 Å². The Kier molecular flexibility index (Phi) is 3.56. The predicted molar refractivity (Wildman–Crippen MR) is 58.9 cm³/mol. The highest BCUT2D eigenvalue weighted by Gasteiger charge is 2.15. The normalized spacial score (nSPS) is 9.25. The lowest BCUT2D eigenvalue weighted by atomic mass is 10.2. The minimum Gasteiger partial charge on any atom is -0.361 e. The van der Waals surface area contributed by atoms with Gasteiger partial charge < -0.3 is 5.32 Å². The van der Waals surface area contributed by atoms with E-state index in [2.05, 4.69) is 16.9 Å². The fourth-order valence-corrected chi connectivity index (χ4v) is 1.02. The van der Waals surface area contributed by atoms with Crippen molar-refractivity contribution in [3.05, 3.63) is 40.1 Å². The quantitative estimate of drug-likeness (QED) is 0.473. The number of hydrogen-bond acceptors (Lipinski definition) is 5. The van der Waals surface area contributed by atoms with Crippen LogP contribution in [0.25, 0.3) is 0 Å². The summed E-state index contributed by atoms with van der Waals surface area (Å²) in [6, 6.07) is 2.99. The first-order valence-electron chi connectivity index (χ1n) is 4.47. The second-order valence-electron chi connectivity index (χ2n) is 3.27. The molecule has 0 amide bonds. The lowest BCUT2D eigenvalue weighted by molar-refractivity contribution is -0.384. The van der Waals surface area contributed by atoms with Gasteiger partial charge in [-0.1, -0.05) is 12.2 Å². The third-order valence-electron chi connectivity index (χ3n) is 1.75. The molecule has 6 nitrogen and oxygen atoms in total. The van der Waals surface area contributed by atoms with Crippen molar-refractivity contribution in [2.75, 3.05) is 11.9 Å². The smallest absolute Gasteiger partial charge is 0.312 e. The van der Waals surface area contributed by atoms with Gasteiger partial charge in [0, 0.05) is 18.8 Å². The molecule has 0 unspecified atom stereocenters. The summed E-state index contributed by atoms with van der Waals surface area (Å²) in [5.74, 6) is 0.145. The number of nitrogens with one attached hydrogen (secondary N) is 1. The van der Waals surface area contributed by atoms with E-state index >= 15 is 0 Å². The zero-order valence-corrected chi connectivity index (χ0v) is 8.73. The van der Waals surface area contributed by atoms with Gasteiger partial charge in [-0.25, -0.2) is 4.98 Å². The Hall–Kier alpha value is -2.42. The van der Waals surface area contributed by atoms with Crippen LogP contribution in [0.1, 0.15) is 12.5 Å². The predicted octanol–water partition coefficient (Wildman–Crippen LogP) is 1.85. The van der Waals surface area contributed by atoms with Gasteiger partial charge in [-0.05, 0) is 6.92 Å². The molecule has 0 aromatic carbocycles. The van der Waals surface area contributed by atoms with Crippen LogP contribution in [0.3, 0.4) is 0 Å². The summed E-state index contributed by atoms with van der Waals surface area (Å²) in [4.78, 5) is 14.0. The van der Waals surface area contributed by atoms with Gasteiger partial charge in [0.25, 0.3) is 0 Å². The molecule has 6 heteroatoms. The van der Waals surface area contributed by atoms with Gasteiger partial charge >= 0.3 is 5.69 Å². The summed E-state index contributed by atoms with van der Waals surface area (Å²) in [6.07, 6.45) is 1.29. The number of rotatable bonds is 4. The van der Waals surface area contributed by atoms with E-state index in [9.17, 15) is 10.1 Å². The maximum atomic E-state index is 10.7. The fraction of sp³-hybridized carbons (Fsp3) is 0.200. The minimum absolute atomic E-state index is 0.145. The van der Waals surface area contributed by atoms with Gasteiger partial charge in [0.15, 0.2) is 0 Å². The Balaban J connectivity index is 3.04. The first kappa shape index (κ1) is 11.7. The van der Waals surface area contributed by atoms with Gasteiger partial charge in [-0.2, -0.15) is 5.26 Å². The van der Waals surface area contributed by atoms with Crippen molar-refractivity contribution in [2.45, 2.75) is 6.92 Å². The van der Waals surface area contributed by atoms with Gasteiger partial charge in [0.05, 0.1) is 10.5 Å². The molecule has 1 heterocycles. The van der Waals surface area contributed by atoms with Gasteiger partial charge in [-0.15, -0.1) is 0 Å². The molecular weight excluding hydrogens is 208 g/mol. The molecular formula is C10H10N4O2. The molecule has 0 fully saturated rings. The molecule has 0 aliphatic carbocycles. The van der Waals surface area contributed by atoms with Crippen molar-refractivity contribution in [3.63, 3.8) is 0 Å². The second-order valence-corrected chi connectivity index (χ2v) is 3.27. The van der Waals surface area contributed by atoms with Crippen molar-refractivity contribution in [1.82, 2.24) is 4.98 Å². The van der Waals surface area contributed by atoms with E-state index in [0.29, 0.717) is 6.54 Å². The molecule has 0 aliphatic rings. The summed E-state index contributed by atoms with van der Waals surface area (Å²) in [7, 11) is 0. The number of nitro groups is 1. The van der Waals surface area contributed by atoms with E-state index in [0.717, 1.165) is 5.57 Å². The van der Waals surface area contributed by atoms with Crippen LogP contribution in [-0.4, -0.2) is 16.5 Å². The monoisotopic (exact) mass is 218 g/mol. The molecule has 16 heavy (non-hydrogen) atoms. The van der Waals surface area contributed by atoms with E-state index in [-0.39, 0.29) is 17.1 Å². The van der Waals surface area contributed by atoms with Crippen LogP contribution in [0.2, 0.25) is 0 Å². The molecule has 0 atom stereocenters. The Morgan fingerprint density at radius 1 is 1.81 bits per heavy atom. The molecule has 0 spiro atoms. The topological polar surface area (TPSA) is 91.8 Å². The Labute approximate surface area is 92.4 Å². The molecule has 1 rings (SSSR count). The molecule has 1 aromatic rings. The zero-order valence-electron chi connectivity index (χ0n) is 8.73. The summed E-state index contributed by atoms with van der Waals surface area (Å²) >= 11 is 0. The van der Waals surface area contributed by atoms with Crippen molar-refractivity contribution in [2.24, 2.45) is 0 Å². The van der Waals surface area contributed by atoms with Crippen LogP contribution in [0.4, 0.5) is 11.5 Å². The third kappa shape index (κ3) is 2.78. The van der Waals surface area contributed by atoms with Gasteiger partial charge in [-0.3, -0.25) is 10.1 Å². The number of nitrogens with zero attached hydrogens (tertiary/aromatic N) is 3. The molecule has 0 saturated carbocycles. The van der Waals surface area contributed by atoms with Crippen LogP contribution in [-0.2, 0) is 0 Å². The van der Waals surface area contributed by atoms with E-state index in [4.69, 9.17) is 5.26 Å². The fourth-order valence-electron chi connectivity index (χ4n) is 1.02. The summed E-state index contributed by atoms with van der Waals surface area (Å²) in [5.41, 5.74) is 0.785.